The van der Waals surface area contributed by atoms with E-state index in [0.29, 0.717) is 6.42 Å². The van der Waals surface area contributed by atoms with Crippen LogP contribution in [0.3, 0.4) is 0 Å². The molecule has 5 nitrogen and oxygen atoms in total. The molecule has 0 aromatic carbocycles. The summed E-state index contributed by atoms with van der Waals surface area (Å²) in [4.78, 5) is 14.2. The van der Waals surface area contributed by atoms with Crippen LogP contribution < -0.4 is 0 Å². The highest BCUT2D eigenvalue weighted by atomic mass is 32.2. The van der Waals surface area contributed by atoms with E-state index in [1.165, 1.54) is 0 Å². The van der Waals surface area contributed by atoms with Crippen LogP contribution in [0.25, 0.3) is 0 Å². The summed E-state index contributed by atoms with van der Waals surface area (Å²) in [6, 6.07) is -0.275. The third kappa shape index (κ3) is 3.69. The van der Waals surface area contributed by atoms with E-state index in [0.717, 1.165) is 19.4 Å². The number of nitrogens with zero attached hydrogens (tertiary/aromatic N) is 1. The molecule has 0 radical (unpaired) electrons. The first-order valence-corrected chi connectivity index (χ1v) is 8.69. The van der Waals surface area contributed by atoms with Gasteiger partial charge in [0.2, 0.25) is 0 Å². The lowest BCUT2D eigenvalue weighted by Crippen LogP contribution is -2.46. The van der Waals surface area contributed by atoms with Crippen molar-refractivity contribution in [3.63, 3.8) is 0 Å². The van der Waals surface area contributed by atoms with E-state index in [1.807, 2.05) is 25.7 Å². The second kappa shape index (κ2) is 5.05. The van der Waals surface area contributed by atoms with Crippen molar-refractivity contribution in [3.8, 4) is 0 Å². The lowest BCUT2D eigenvalue weighted by Gasteiger charge is -2.30. The van der Waals surface area contributed by atoms with Crippen molar-refractivity contribution < 1.29 is 17.9 Å². The molecule has 1 unspecified atom stereocenters. The second-order valence-corrected chi connectivity index (χ2v) is 8.71. The monoisotopic (exact) mass is 289 g/mol. The molecule has 0 bridgehead atoms. The Morgan fingerprint density at radius 1 is 1.26 bits per heavy atom. The van der Waals surface area contributed by atoms with E-state index >= 15 is 0 Å². The average molecular weight is 289 g/mol. The largest absolute Gasteiger partial charge is 0.459 e. The van der Waals surface area contributed by atoms with Crippen LogP contribution in [0.2, 0.25) is 0 Å². The molecule has 0 spiro atoms. The van der Waals surface area contributed by atoms with Crippen LogP contribution in [0.1, 0.15) is 40.0 Å². The van der Waals surface area contributed by atoms with Gasteiger partial charge in [-0.1, -0.05) is 0 Å². The second-order valence-electron chi connectivity index (χ2n) is 6.49. The van der Waals surface area contributed by atoms with Crippen LogP contribution >= 0.6 is 0 Å². The van der Waals surface area contributed by atoms with Gasteiger partial charge in [0.25, 0.3) is 0 Å². The molecule has 2 saturated heterocycles. The number of sulfone groups is 1. The Morgan fingerprint density at radius 3 is 2.47 bits per heavy atom. The van der Waals surface area contributed by atoms with Crippen LogP contribution in [0.5, 0.6) is 0 Å². The SMILES string of the molecule is CC(C)(C)OC(=O)[C@@H]1CCCN1C1CCS(=O)(=O)C1. The fraction of sp³-hybridized carbons (Fsp3) is 0.923. The highest BCUT2D eigenvalue weighted by molar-refractivity contribution is 7.91. The van der Waals surface area contributed by atoms with Crippen molar-refractivity contribution in [2.45, 2.75) is 57.7 Å². The number of hydrogen-bond acceptors (Lipinski definition) is 5. The maximum atomic E-state index is 12.2. The maximum Gasteiger partial charge on any atom is 0.323 e. The molecule has 2 rings (SSSR count). The van der Waals surface area contributed by atoms with Gasteiger partial charge in [-0.2, -0.15) is 0 Å². The van der Waals surface area contributed by atoms with Crippen LogP contribution in [-0.2, 0) is 19.4 Å². The van der Waals surface area contributed by atoms with E-state index in [4.69, 9.17) is 4.74 Å². The summed E-state index contributed by atoms with van der Waals surface area (Å²) >= 11 is 0. The van der Waals surface area contributed by atoms with Crippen LogP contribution in [0, 0.1) is 0 Å². The Hall–Kier alpha value is -0.620. The number of carbonyl (C=O) groups is 1. The number of hydrogen-bond donors (Lipinski definition) is 0. The van der Waals surface area contributed by atoms with Crippen molar-refractivity contribution in [1.29, 1.82) is 0 Å². The zero-order valence-corrected chi connectivity index (χ0v) is 12.7. The molecule has 0 aliphatic carbocycles. The lowest BCUT2D eigenvalue weighted by molar-refractivity contribution is -0.161. The molecule has 0 aromatic rings. The summed E-state index contributed by atoms with van der Waals surface area (Å²) in [5.41, 5.74) is -0.493. The Labute approximate surface area is 115 Å². The van der Waals surface area contributed by atoms with Crippen molar-refractivity contribution in [2.75, 3.05) is 18.1 Å². The lowest BCUT2D eigenvalue weighted by atomic mass is 10.1. The zero-order valence-electron chi connectivity index (χ0n) is 11.9. The quantitative estimate of drug-likeness (QED) is 0.709. The molecule has 0 aromatic heterocycles. The molecule has 2 aliphatic heterocycles. The summed E-state index contributed by atoms with van der Waals surface area (Å²) in [5, 5.41) is 0. The molecule has 19 heavy (non-hydrogen) atoms. The van der Waals surface area contributed by atoms with Crippen LogP contribution in [0.15, 0.2) is 0 Å². The zero-order chi connectivity index (χ0) is 14.3. The minimum Gasteiger partial charge on any atom is -0.459 e. The van der Waals surface area contributed by atoms with E-state index in [-0.39, 0.29) is 29.6 Å². The molecule has 2 heterocycles. The first-order valence-electron chi connectivity index (χ1n) is 6.87. The van der Waals surface area contributed by atoms with E-state index in [2.05, 4.69) is 0 Å². The van der Waals surface area contributed by atoms with Crippen LogP contribution in [0.4, 0.5) is 0 Å². The van der Waals surface area contributed by atoms with Crippen molar-refractivity contribution in [2.24, 2.45) is 0 Å². The van der Waals surface area contributed by atoms with E-state index in [9.17, 15) is 13.2 Å². The number of carbonyl (C=O) groups excluding carboxylic acids is 1. The third-order valence-electron chi connectivity index (χ3n) is 3.65. The van der Waals surface area contributed by atoms with Gasteiger partial charge in [0.05, 0.1) is 11.5 Å². The molecule has 0 N–H and O–H groups in total. The van der Waals surface area contributed by atoms with Gasteiger partial charge < -0.3 is 4.74 Å². The molecule has 2 fully saturated rings. The Morgan fingerprint density at radius 2 is 1.95 bits per heavy atom. The molecule has 2 atom stereocenters. The van der Waals surface area contributed by atoms with Crippen molar-refractivity contribution in [1.82, 2.24) is 4.90 Å². The maximum absolute atomic E-state index is 12.2. The average Bonchev–Trinajstić information content (AvgIpc) is 2.80. The fourth-order valence-corrected chi connectivity index (χ4v) is 4.63. The highest BCUT2D eigenvalue weighted by Crippen LogP contribution is 2.28. The summed E-state index contributed by atoms with van der Waals surface area (Å²) in [6.07, 6.45) is 2.34. The van der Waals surface area contributed by atoms with Gasteiger partial charge in [-0.3, -0.25) is 9.69 Å². The summed E-state index contributed by atoms with van der Waals surface area (Å²) in [5.74, 6) is 0.218. The van der Waals surface area contributed by atoms with Gasteiger partial charge in [-0.25, -0.2) is 8.42 Å². The first-order chi connectivity index (χ1) is 8.68. The Kier molecular flexibility index (Phi) is 3.93. The normalized spacial score (nSPS) is 31.5. The molecule has 0 amide bonds. The van der Waals surface area contributed by atoms with E-state index < -0.39 is 15.4 Å². The molecule has 6 heteroatoms. The van der Waals surface area contributed by atoms with Crippen molar-refractivity contribution in [3.05, 3.63) is 0 Å². The van der Waals surface area contributed by atoms with Gasteiger partial charge in [0.15, 0.2) is 9.84 Å². The summed E-state index contributed by atoms with van der Waals surface area (Å²) < 4.78 is 28.6. The van der Waals surface area contributed by atoms with Gasteiger partial charge in [-0.05, 0) is 46.6 Å². The number of esters is 1. The molecule has 110 valence electrons. The Bertz CT molecular complexity index is 452. The fourth-order valence-electron chi connectivity index (χ4n) is 2.89. The standard InChI is InChI=1S/C13H23NO4S/c1-13(2,3)18-12(15)11-5-4-7-14(11)10-6-8-19(16,17)9-10/h10-11H,4-9H2,1-3H3/t10?,11-/m0/s1. The highest BCUT2D eigenvalue weighted by Gasteiger charge is 2.41. The van der Waals surface area contributed by atoms with Gasteiger partial charge >= 0.3 is 5.97 Å². The van der Waals surface area contributed by atoms with E-state index in [1.54, 1.807) is 0 Å². The Balaban J connectivity index is 2.03. The van der Waals surface area contributed by atoms with Gasteiger partial charge in [0.1, 0.15) is 11.6 Å². The van der Waals surface area contributed by atoms with Gasteiger partial charge in [-0.15, -0.1) is 0 Å². The predicted octanol–water partition coefficient (Wildman–Crippen LogP) is 0.980. The molecular formula is C13H23NO4S. The molecular weight excluding hydrogens is 266 g/mol. The summed E-state index contributed by atoms with van der Waals surface area (Å²) in [7, 11) is -2.91. The minimum absolute atomic E-state index is 0.00924. The topological polar surface area (TPSA) is 63.7 Å². The predicted molar refractivity (Wildman–Crippen MR) is 72.6 cm³/mol. The smallest absolute Gasteiger partial charge is 0.323 e. The number of ether oxygens (including phenoxy) is 1. The van der Waals surface area contributed by atoms with Crippen molar-refractivity contribution >= 4 is 15.8 Å². The van der Waals surface area contributed by atoms with Crippen LogP contribution in [-0.4, -0.2) is 55.0 Å². The number of rotatable bonds is 2. The molecule has 0 saturated carbocycles. The molecule has 2 aliphatic rings. The third-order valence-corrected chi connectivity index (χ3v) is 5.40. The first kappa shape index (κ1) is 14.8. The number of likely N-dealkylation sites (tertiary alicyclic amines) is 1. The minimum atomic E-state index is -2.91. The summed E-state index contributed by atoms with van der Waals surface area (Å²) in [6.45, 7) is 6.35. The van der Waals surface area contributed by atoms with Gasteiger partial charge in [0, 0.05) is 6.04 Å².